The van der Waals surface area contributed by atoms with E-state index in [4.69, 9.17) is 9.47 Å². The van der Waals surface area contributed by atoms with Gasteiger partial charge in [-0.3, -0.25) is 4.79 Å². The van der Waals surface area contributed by atoms with Crippen LogP contribution in [0.2, 0.25) is 0 Å². The summed E-state index contributed by atoms with van der Waals surface area (Å²) >= 11 is 1.42. The highest BCUT2D eigenvalue weighted by Gasteiger charge is 2.23. The molecule has 0 bridgehead atoms. The van der Waals surface area contributed by atoms with Gasteiger partial charge in [-0.25, -0.2) is 4.98 Å². The van der Waals surface area contributed by atoms with Crippen LogP contribution in [-0.2, 0) is 17.8 Å². The Kier molecular flexibility index (Phi) is 4.76. The van der Waals surface area contributed by atoms with Crippen molar-refractivity contribution in [3.63, 3.8) is 0 Å². The lowest BCUT2D eigenvalue weighted by atomic mass is 9.99. The number of hydrogen-bond acceptors (Lipinski definition) is 5. The highest BCUT2D eigenvalue weighted by Crippen LogP contribution is 2.33. The number of methoxy groups -OCH3 is 2. The quantitative estimate of drug-likeness (QED) is 0.849. The van der Waals surface area contributed by atoms with Crippen molar-refractivity contribution in [1.29, 1.82) is 0 Å². The first-order chi connectivity index (χ1) is 11.2. The minimum absolute atomic E-state index is 0.117. The van der Waals surface area contributed by atoms with E-state index >= 15 is 0 Å². The molecule has 1 aromatic carbocycles. The largest absolute Gasteiger partial charge is 0.493 e. The van der Waals surface area contributed by atoms with Gasteiger partial charge in [-0.15, -0.1) is 0 Å². The molecule has 1 aliphatic rings. The molecule has 0 atom stereocenters. The van der Waals surface area contributed by atoms with Crippen molar-refractivity contribution in [3.8, 4) is 11.5 Å². The fourth-order valence-corrected chi connectivity index (χ4v) is 3.38. The van der Waals surface area contributed by atoms with Crippen LogP contribution < -0.4 is 9.47 Å². The smallest absolute Gasteiger partial charge is 0.233 e. The number of H-pyrrole nitrogens is 1. The number of fused-ring (bicyclic) bond motifs is 1. The van der Waals surface area contributed by atoms with Crippen LogP contribution in [0.1, 0.15) is 11.1 Å². The molecule has 0 spiro atoms. The Morgan fingerprint density at radius 2 is 2.04 bits per heavy atom. The van der Waals surface area contributed by atoms with Crippen molar-refractivity contribution in [1.82, 2.24) is 14.9 Å². The van der Waals surface area contributed by atoms with Crippen LogP contribution in [0.3, 0.4) is 0 Å². The average molecular weight is 333 g/mol. The highest BCUT2D eigenvalue weighted by atomic mass is 32.2. The molecule has 1 aliphatic heterocycles. The Labute approximate surface area is 139 Å². The Morgan fingerprint density at radius 1 is 1.30 bits per heavy atom. The first-order valence-electron chi connectivity index (χ1n) is 7.35. The molecular formula is C16H19N3O3S. The molecule has 1 aromatic heterocycles. The van der Waals surface area contributed by atoms with Gasteiger partial charge in [0, 0.05) is 25.5 Å². The van der Waals surface area contributed by atoms with E-state index in [9.17, 15) is 4.79 Å². The Morgan fingerprint density at radius 3 is 2.70 bits per heavy atom. The van der Waals surface area contributed by atoms with Gasteiger partial charge in [0.15, 0.2) is 16.7 Å². The van der Waals surface area contributed by atoms with Gasteiger partial charge in [0.25, 0.3) is 0 Å². The van der Waals surface area contributed by atoms with Crippen molar-refractivity contribution in [3.05, 3.63) is 35.7 Å². The summed E-state index contributed by atoms with van der Waals surface area (Å²) in [6.45, 7) is 1.33. The molecule has 0 saturated heterocycles. The van der Waals surface area contributed by atoms with Gasteiger partial charge in [-0.05, 0) is 29.7 Å². The first kappa shape index (κ1) is 15.7. The monoisotopic (exact) mass is 333 g/mol. The van der Waals surface area contributed by atoms with Crippen LogP contribution in [0.15, 0.2) is 29.7 Å². The second-order valence-corrected chi connectivity index (χ2v) is 6.19. The van der Waals surface area contributed by atoms with Crippen molar-refractivity contribution < 1.29 is 14.3 Å². The molecule has 0 unspecified atom stereocenters. The third-order valence-corrected chi connectivity index (χ3v) is 4.76. The maximum absolute atomic E-state index is 12.4. The number of imidazole rings is 1. The minimum Gasteiger partial charge on any atom is -0.493 e. The third-order valence-electron chi connectivity index (χ3n) is 3.88. The fraction of sp³-hybridized carbons (Fsp3) is 0.375. The van der Waals surface area contributed by atoms with Gasteiger partial charge in [0.2, 0.25) is 5.91 Å². The van der Waals surface area contributed by atoms with Crippen molar-refractivity contribution in [2.75, 3.05) is 26.5 Å². The Hall–Kier alpha value is -2.15. The predicted molar refractivity (Wildman–Crippen MR) is 88.0 cm³/mol. The number of benzene rings is 1. The van der Waals surface area contributed by atoms with Crippen LogP contribution in [0.25, 0.3) is 0 Å². The topological polar surface area (TPSA) is 67.5 Å². The summed E-state index contributed by atoms with van der Waals surface area (Å²) < 4.78 is 10.7. The minimum atomic E-state index is 0.117. The molecule has 23 heavy (non-hydrogen) atoms. The average Bonchev–Trinajstić information content (AvgIpc) is 3.11. The number of ether oxygens (including phenoxy) is 2. The van der Waals surface area contributed by atoms with E-state index in [1.165, 1.54) is 17.3 Å². The zero-order valence-electron chi connectivity index (χ0n) is 13.2. The predicted octanol–water partition coefficient (Wildman–Crippen LogP) is 2.10. The van der Waals surface area contributed by atoms with Gasteiger partial charge >= 0.3 is 0 Å². The summed E-state index contributed by atoms with van der Waals surface area (Å²) in [6, 6.07) is 3.97. The number of rotatable bonds is 5. The number of thioether (sulfide) groups is 1. The highest BCUT2D eigenvalue weighted by molar-refractivity contribution is 7.99. The number of carbonyl (C=O) groups is 1. The zero-order valence-corrected chi connectivity index (χ0v) is 14.0. The molecule has 1 N–H and O–H groups in total. The third kappa shape index (κ3) is 3.44. The van der Waals surface area contributed by atoms with Crippen molar-refractivity contribution in [2.24, 2.45) is 0 Å². The zero-order chi connectivity index (χ0) is 16.2. The number of carbonyl (C=O) groups excluding carboxylic acids is 1. The molecule has 2 aromatic rings. The summed E-state index contributed by atoms with van der Waals surface area (Å²) in [6.07, 6.45) is 4.26. The summed E-state index contributed by atoms with van der Waals surface area (Å²) in [5.41, 5.74) is 2.33. The standard InChI is InChI=1S/C16H19N3O3S/c1-21-13-7-11-3-6-19(9-12(11)8-14(13)22-2)15(20)10-23-16-17-4-5-18-16/h4-5,7-8H,3,6,9-10H2,1-2H3,(H,17,18). The van der Waals surface area contributed by atoms with Gasteiger partial charge < -0.3 is 19.4 Å². The van der Waals surface area contributed by atoms with Crippen LogP contribution in [-0.4, -0.2) is 47.3 Å². The molecule has 3 rings (SSSR count). The number of amides is 1. The molecule has 122 valence electrons. The van der Waals surface area contributed by atoms with E-state index in [0.29, 0.717) is 18.0 Å². The molecular weight excluding hydrogens is 314 g/mol. The number of aromatic nitrogens is 2. The van der Waals surface area contributed by atoms with Gasteiger partial charge in [-0.1, -0.05) is 11.8 Å². The molecule has 6 nitrogen and oxygen atoms in total. The van der Waals surface area contributed by atoms with E-state index in [0.717, 1.165) is 29.4 Å². The SMILES string of the molecule is COc1cc2c(cc1OC)CN(C(=O)CSc1ncc[nH]1)CC2. The lowest BCUT2D eigenvalue weighted by Gasteiger charge is -2.29. The molecule has 1 amide bonds. The van der Waals surface area contributed by atoms with E-state index in [-0.39, 0.29) is 5.91 Å². The van der Waals surface area contributed by atoms with Crippen LogP contribution >= 0.6 is 11.8 Å². The number of nitrogens with one attached hydrogen (secondary N) is 1. The molecule has 0 aliphatic carbocycles. The normalized spacial score (nSPS) is 13.6. The van der Waals surface area contributed by atoms with Crippen molar-refractivity contribution in [2.45, 2.75) is 18.1 Å². The number of nitrogens with zero attached hydrogens (tertiary/aromatic N) is 2. The maximum Gasteiger partial charge on any atom is 0.233 e. The second kappa shape index (κ2) is 6.95. The van der Waals surface area contributed by atoms with E-state index in [1.807, 2.05) is 17.0 Å². The van der Waals surface area contributed by atoms with Crippen molar-refractivity contribution >= 4 is 17.7 Å². The van der Waals surface area contributed by atoms with E-state index in [2.05, 4.69) is 9.97 Å². The fourth-order valence-electron chi connectivity index (χ4n) is 2.65. The molecule has 2 heterocycles. The number of hydrogen-bond donors (Lipinski definition) is 1. The molecule has 0 saturated carbocycles. The number of aromatic amines is 1. The van der Waals surface area contributed by atoms with E-state index < -0.39 is 0 Å². The summed E-state index contributed by atoms with van der Waals surface area (Å²) in [5.74, 6) is 1.94. The molecule has 0 fully saturated rings. The van der Waals surface area contributed by atoms with Crippen LogP contribution in [0.5, 0.6) is 11.5 Å². The van der Waals surface area contributed by atoms with E-state index in [1.54, 1.807) is 26.6 Å². The second-order valence-electron chi connectivity index (χ2n) is 5.22. The summed E-state index contributed by atoms with van der Waals surface area (Å²) in [4.78, 5) is 21.4. The Balaban J connectivity index is 1.68. The molecule has 0 radical (unpaired) electrons. The summed E-state index contributed by atoms with van der Waals surface area (Å²) in [5, 5.41) is 0.766. The van der Waals surface area contributed by atoms with Gasteiger partial charge in [0.1, 0.15) is 0 Å². The first-order valence-corrected chi connectivity index (χ1v) is 8.33. The maximum atomic E-state index is 12.4. The van der Waals surface area contributed by atoms with Gasteiger partial charge in [-0.2, -0.15) is 0 Å². The lowest BCUT2D eigenvalue weighted by molar-refractivity contribution is -0.129. The van der Waals surface area contributed by atoms with Crippen LogP contribution in [0, 0.1) is 0 Å². The Bertz CT molecular complexity index is 688. The van der Waals surface area contributed by atoms with Crippen LogP contribution in [0.4, 0.5) is 0 Å². The van der Waals surface area contributed by atoms with Gasteiger partial charge in [0.05, 0.1) is 20.0 Å². The molecule has 7 heteroatoms. The summed E-state index contributed by atoms with van der Waals surface area (Å²) in [7, 11) is 3.25. The lowest BCUT2D eigenvalue weighted by Crippen LogP contribution is -2.37.